The van der Waals surface area contributed by atoms with E-state index >= 15 is 0 Å². The highest BCUT2D eigenvalue weighted by molar-refractivity contribution is 7.98. The first-order valence-corrected chi connectivity index (χ1v) is 11.0. The van der Waals surface area contributed by atoms with Crippen molar-refractivity contribution in [1.82, 2.24) is 14.9 Å². The molecule has 0 saturated carbocycles. The Morgan fingerprint density at radius 1 is 0.893 bits per heavy atom. The summed E-state index contributed by atoms with van der Waals surface area (Å²) in [5, 5.41) is 1.59. The SMILES string of the molecule is CSc1nccc(N2CCN([C@H](c3ccccc3)c3ccc(Cl)cc3)CC2)n1. The number of rotatable bonds is 5. The number of thioether (sulfide) groups is 1. The lowest BCUT2D eigenvalue weighted by Crippen LogP contribution is -2.48. The first kappa shape index (κ1) is 19.2. The van der Waals surface area contributed by atoms with Gasteiger partial charge in [0.15, 0.2) is 5.16 Å². The van der Waals surface area contributed by atoms with Crippen molar-refractivity contribution in [3.8, 4) is 0 Å². The molecule has 4 nitrogen and oxygen atoms in total. The second kappa shape index (κ2) is 8.95. The lowest BCUT2D eigenvalue weighted by atomic mass is 9.96. The van der Waals surface area contributed by atoms with Crippen LogP contribution in [-0.4, -0.2) is 47.3 Å². The number of piperazine rings is 1. The molecule has 1 atom stereocenters. The van der Waals surface area contributed by atoms with Crippen LogP contribution in [0.3, 0.4) is 0 Å². The third-order valence-electron chi connectivity index (χ3n) is 5.11. The third kappa shape index (κ3) is 4.32. The first-order valence-electron chi connectivity index (χ1n) is 9.41. The molecule has 0 spiro atoms. The standard InChI is InChI=1S/C22H23ClN4S/c1-28-22-24-12-11-20(25-22)26-13-15-27(16-14-26)21(17-5-3-2-4-6-17)18-7-9-19(23)10-8-18/h2-12,21H,13-16H2,1H3/t21-/m1/s1. The van der Waals surface area contributed by atoms with Crippen LogP contribution in [0.2, 0.25) is 5.02 Å². The molecule has 1 aliphatic heterocycles. The van der Waals surface area contributed by atoms with E-state index in [0.29, 0.717) is 0 Å². The van der Waals surface area contributed by atoms with Crippen molar-refractivity contribution >= 4 is 29.2 Å². The van der Waals surface area contributed by atoms with Crippen LogP contribution in [0.25, 0.3) is 0 Å². The molecule has 0 amide bonds. The Kier molecular flexibility index (Phi) is 6.15. The van der Waals surface area contributed by atoms with Crippen molar-refractivity contribution in [2.75, 3.05) is 37.3 Å². The molecule has 144 valence electrons. The summed E-state index contributed by atoms with van der Waals surface area (Å²) in [5.41, 5.74) is 2.58. The summed E-state index contributed by atoms with van der Waals surface area (Å²) in [6.45, 7) is 3.84. The van der Waals surface area contributed by atoms with Gasteiger partial charge >= 0.3 is 0 Å². The molecular formula is C22H23ClN4S. The number of benzene rings is 2. The average molecular weight is 411 g/mol. The molecule has 3 aromatic rings. The van der Waals surface area contributed by atoms with Crippen LogP contribution in [-0.2, 0) is 0 Å². The van der Waals surface area contributed by atoms with Gasteiger partial charge in [-0.05, 0) is 35.6 Å². The summed E-state index contributed by atoms with van der Waals surface area (Å²) in [6.07, 6.45) is 3.86. The minimum Gasteiger partial charge on any atom is -0.354 e. The number of aromatic nitrogens is 2. The lowest BCUT2D eigenvalue weighted by Gasteiger charge is -2.40. The summed E-state index contributed by atoms with van der Waals surface area (Å²) < 4.78 is 0. The molecular weight excluding hydrogens is 388 g/mol. The average Bonchev–Trinajstić information content (AvgIpc) is 2.76. The van der Waals surface area contributed by atoms with Crippen molar-refractivity contribution in [2.45, 2.75) is 11.2 Å². The highest BCUT2D eigenvalue weighted by atomic mass is 35.5. The van der Waals surface area contributed by atoms with Gasteiger partial charge in [-0.3, -0.25) is 4.90 Å². The Morgan fingerprint density at radius 3 is 2.25 bits per heavy atom. The van der Waals surface area contributed by atoms with E-state index in [1.165, 1.54) is 11.1 Å². The van der Waals surface area contributed by atoms with Crippen LogP contribution in [0.1, 0.15) is 17.2 Å². The Morgan fingerprint density at radius 2 is 1.57 bits per heavy atom. The molecule has 0 radical (unpaired) electrons. The number of hydrogen-bond acceptors (Lipinski definition) is 5. The molecule has 0 aliphatic carbocycles. The second-order valence-electron chi connectivity index (χ2n) is 6.79. The van der Waals surface area contributed by atoms with Crippen molar-refractivity contribution < 1.29 is 0 Å². The van der Waals surface area contributed by atoms with E-state index in [-0.39, 0.29) is 6.04 Å². The molecule has 1 aromatic heterocycles. The largest absolute Gasteiger partial charge is 0.354 e. The van der Waals surface area contributed by atoms with Gasteiger partial charge in [0.05, 0.1) is 6.04 Å². The predicted molar refractivity (Wildman–Crippen MR) is 117 cm³/mol. The van der Waals surface area contributed by atoms with Gasteiger partial charge in [0, 0.05) is 37.4 Å². The lowest BCUT2D eigenvalue weighted by molar-refractivity contribution is 0.212. The van der Waals surface area contributed by atoms with Gasteiger partial charge in [-0.25, -0.2) is 9.97 Å². The van der Waals surface area contributed by atoms with E-state index in [9.17, 15) is 0 Å². The maximum atomic E-state index is 6.13. The van der Waals surface area contributed by atoms with Gasteiger partial charge < -0.3 is 4.90 Å². The Hall–Kier alpha value is -2.08. The second-order valence-corrected chi connectivity index (χ2v) is 8.00. The van der Waals surface area contributed by atoms with Crippen LogP contribution in [0.5, 0.6) is 0 Å². The number of nitrogens with zero attached hydrogens (tertiary/aromatic N) is 4. The zero-order valence-corrected chi connectivity index (χ0v) is 17.4. The molecule has 0 N–H and O–H groups in total. The molecule has 6 heteroatoms. The summed E-state index contributed by atoms with van der Waals surface area (Å²) in [7, 11) is 0. The van der Waals surface area contributed by atoms with Crippen LogP contribution in [0.15, 0.2) is 72.0 Å². The summed E-state index contributed by atoms with van der Waals surface area (Å²) in [4.78, 5) is 13.8. The highest BCUT2D eigenvalue weighted by Gasteiger charge is 2.27. The third-order valence-corrected chi connectivity index (χ3v) is 5.92. The van der Waals surface area contributed by atoms with E-state index < -0.39 is 0 Å². The summed E-state index contributed by atoms with van der Waals surface area (Å²) in [6, 6.07) is 21.2. The molecule has 2 heterocycles. The van der Waals surface area contributed by atoms with E-state index in [1.54, 1.807) is 11.8 Å². The van der Waals surface area contributed by atoms with E-state index in [1.807, 2.05) is 30.7 Å². The van der Waals surface area contributed by atoms with Gasteiger partial charge in [0.25, 0.3) is 0 Å². The quantitative estimate of drug-likeness (QED) is 0.447. The number of hydrogen-bond donors (Lipinski definition) is 0. The molecule has 1 aliphatic rings. The first-order chi connectivity index (χ1) is 13.7. The number of anilines is 1. The topological polar surface area (TPSA) is 32.3 Å². The van der Waals surface area contributed by atoms with Crippen molar-refractivity contribution in [3.63, 3.8) is 0 Å². The summed E-state index contributed by atoms with van der Waals surface area (Å²) >= 11 is 7.70. The van der Waals surface area contributed by atoms with Crippen molar-refractivity contribution in [3.05, 3.63) is 83.0 Å². The Labute approximate surface area is 175 Å². The smallest absolute Gasteiger partial charge is 0.189 e. The van der Waals surface area contributed by atoms with Gasteiger partial charge in [-0.2, -0.15) is 0 Å². The van der Waals surface area contributed by atoms with Crippen molar-refractivity contribution in [1.29, 1.82) is 0 Å². The van der Waals surface area contributed by atoms with Crippen molar-refractivity contribution in [2.24, 2.45) is 0 Å². The minimum absolute atomic E-state index is 0.229. The molecule has 2 aromatic carbocycles. The van der Waals surface area contributed by atoms with Crippen LogP contribution in [0.4, 0.5) is 5.82 Å². The molecule has 0 unspecified atom stereocenters. The van der Waals surface area contributed by atoms with Crippen LogP contribution in [0, 0.1) is 0 Å². The predicted octanol–water partition coefficient (Wildman–Crippen LogP) is 4.76. The normalized spacial score (nSPS) is 16.1. The minimum atomic E-state index is 0.229. The van der Waals surface area contributed by atoms with E-state index in [2.05, 4.69) is 62.2 Å². The monoisotopic (exact) mass is 410 g/mol. The van der Waals surface area contributed by atoms with Gasteiger partial charge in [0.2, 0.25) is 0 Å². The van der Waals surface area contributed by atoms with Crippen LogP contribution < -0.4 is 4.90 Å². The van der Waals surface area contributed by atoms with E-state index in [0.717, 1.165) is 42.2 Å². The van der Waals surface area contributed by atoms with Gasteiger partial charge in [-0.15, -0.1) is 0 Å². The zero-order chi connectivity index (χ0) is 19.3. The Bertz CT molecular complexity index is 896. The van der Waals surface area contributed by atoms with E-state index in [4.69, 9.17) is 11.6 Å². The van der Waals surface area contributed by atoms with Gasteiger partial charge in [-0.1, -0.05) is 65.8 Å². The molecule has 4 rings (SSSR count). The maximum absolute atomic E-state index is 6.13. The Balaban J connectivity index is 1.54. The summed E-state index contributed by atoms with van der Waals surface area (Å²) in [5.74, 6) is 1.02. The van der Waals surface area contributed by atoms with Gasteiger partial charge in [0.1, 0.15) is 5.82 Å². The molecule has 28 heavy (non-hydrogen) atoms. The van der Waals surface area contributed by atoms with Crippen LogP contribution >= 0.6 is 23.4 Å². The maximum Gasteiger partial charge on any atom is 0.189 e. The highest BCUT2D eigenvalue weighted by Crippen LogP contribution is 2.31. The molecule has 1 saturated heterocycles. The fraction of sp³-hybridized carbons (Fsp3) is 0.273. The molecule has 1 fully saturated rings. The fourth-order valence-corrected chi connectivity index (χ4v) is 4.19. The molecule has 0 bridgehead atoms. The number of halogens is 1. The zero-order valence-electron chi connectivity index (χ0n) is 15.8. The fourth-order valence-electron chi connectivity index (χ4n) is 3.71.